The summed E-state index contributed by atoms with van der Waals surface area (Å²) in [6, 6.07) is 5.55. The summed E-state index contributed by atoms with van der Waals surface area (Å²) in [5, 5.41) is 13.3. The predicted molar refractivity (Wildman–Crippen MR) is 79.1 cm³/mol. The number of halogens is 2. The lowest BCUT2D eigenvalue weighted by Gasteiger charge is -2.12. The smallest absolute Gasteiger partial charge is 0.223 e. The van der Waals surface area contributed by atoms with Crippen LogP contribution in [0.2, 0.25) is 10.0 Å². The molecule has 0 saturated heterocycles. The lowest BCUT2D eigenvalue weighted by molar-refractivity contribution is -0.122. The van der Waals surface area contributed by atoms with E-state index in [1.54, 1.807) is 6.07 Å². The first-order chi connectivity index (χ1) is 9.56. The molecule has 2 fully saturated rings. The van der Waals surface area contributed by atoms with Crippen LogP contribution in [0.4, 0.5) is 0 Å². The van der Waals surface area contributed by atoms with E-state index < -0.39 is 0 Å². The molecular formula is C15H17Cl2NO2. The lowest BCUT2D eigenvalue weighted by atomic mass is 10.1. The van der Waals surface area contributed by atoms with Crippen LogP contribution in [-0.2, 0) is 4.79 Å². The second kappa shape index (κ2) is 5.21. The first-order valence-electron chi connectivity index (χ1n) is 6.89. The highest BCUT2D eigenvalue weighted by Gasteiger charge is 2.47. The van der Waals surface area contributed by atoms with E-state index in [2.05, 4.69) is 5.32 Å². The molecule has 0 radical (unpaired) electrons. The minimum Gasteiger partial charge on any atom is -0.396 e. The van der Waals surface area contributed by atoms with Crippen molar-refractivity contribution < 1.29 is 9.90 Å². The van der Waals surface area contributed by atoms with Crippen molar-refractivity contribution in [1.29, 1.82) is 0 Å². The predicted octanol–water partition coefficient (Wildman–Crippen LogP) is 2.99. The normalized spacial score (nSPS) is 26.1. The fourth-order valence-electron chi connectivity index (χ4n) is 2.61. The van der Waals surface area contributed by atoms with Crippen molar-refractivity contribution in [2.75, 3.05) is 13.2 Å². The van der Waals surface area contributed by atoms with Crippen LogP contribution in [0.3, 0.4) is 0 Å². The van der Waals surface area contributed by atoms with Crippen LogP contribution < -0.4 is 5.32 Å². The molecular weight excluding hydrogens is 297 g/mol. The molecule has 1 amide bonds. The van der Waals surface area contributed by atoms with Gasteiger partial charge in [0.25, 0.3) is 0 Å². The Kier molecular flexibility index (Phi) is 3.69. The largest absolute Gasteiger partial charge is 0.396 e. The number of carbonyl (C=O) groups is 1. The second-order valence-corrected chi connectivity index (χ2v) is 6.75. The Morgan fingerprint density at radius 2 is 2.15 bits per heavy atom. The van der Waals surface area contributed by atoms with Gasteiger partial charge in [0.15, 0.2) is 0 Å². The maximum Gasteiger partial charge on any atom is 0.223 e. The fourth-order valence-corrected chi connectivity index (χ4v) is 3.06. The molecule has 2 aliphatic carbocycles. The van der Waals surface area contributed by atoms with Crippen molar-refractivity contribution in [1.82, 2.24) is 5.32 Å². The summed E-state index contributed by atoms with van der Waals surface area (Å²) in [5.74, 6) is 0.219. The molecule has 2 atom stereocenters. The Bertz CT molecular complexity index is 543. The summed E-state index contributed by atoms with van der Waals surface area (Å²) < 4.78 is 0. The lowest BCUT2D eigenvalue weighted by Crippen LogP contribution is -2.33. The molecule has 0 heterocycles. The maximum absolute atomic E-state index is 12.1. The van der Waals surface area contributed by atoms with Crippen molar-refractivity contribution in [3.63, 3.8) is 0 Å². The van der Waals surface area contributed by atoms with Gasteiger partial charge in [0, 0.05) is 17.9 Å². The highest BCUT2D eigenvalue weighted by atomic mass is 35.5. The van der Waals surface area contributed by atoms with E-state index in [4.69, 9.17) is 23.2 Å². The summed E-state index contributed by atoms with van der Waals surface area (Å²) in [6.07, 6.45) is 2.81. The third kappa shape index (κ3) is 2.67. The average molecular weight is 314 g/mol. The van der Waals surface area contributed by atoms with Gasteiger partial charge in [-0.3, -0.25) is 4.79 Å². The average Bonchev–Trinajstić information content (AvgIpc) is 3.34. The van der Waals surface area contributed by atoms with Crippen molar-refractivity contribution in [2.24, 2.45) is 11.3 Å². The topological polar surface area (TPSA) is 49.3 Å². The number of carbonyl (C=O) groups excluding carboxylic acids is 1. The van der Waals surface area contributed by atoms with Gasteiger partial charge in [-0.1, -0.05) is 35.3 Å². The molecule has 108 valence electrons. The highest BCUT2D eigenvalue weighted by molar-refractivity contribution is 6.42. The van der Waals surface area contributed by atoms with Gasteiger partial charge in [-0.05, 0) is 36.8 Å². The summed E-state index contributed by atoms with van der Waals surface area (Å²) in [4.78, 5) is 12.1. The van der Waals surface area contributed by atoms with Gasteiger partial charge >= 0.3 is 0 Å². The molecule has 2 N–H and O–H groups in total. The van der Waals surface area contributed by atoms with Gasteiger partial charge in [-0.15, -0.1) is 0 Å². The summed E-state index contributed by atoms with van der Waals surface area (Å²) >= 11 is 12.2. The quantitative estimate of drug-likeness (QED) is 0.878. The van der Waals surface area contributed by atoms with Crippen molar-refractivity contribution >= 4 is 29.1 Å². The summed E-state index contributed by atoms with van der Waals surface area (Å²) in [7, 11) is 0. The molecule has 5 heteroatoms. The number of hydrogen-bond donors (Lipinski definition) is 2. The number of rotatable bonds is 5. The number of amides is 1. The van der Waals surface area contributed by atoms with Crippen LogP contribution >= 0.6 is 23.2 Å². The van der Waals surface area contributed by atoms with Crippen LogP contribution in [0.5, 0.6) is 0 Å². The Labute approximate surface area is 128 Å². The second-order valence-electron chi connectivity index (χ2n) is 5.97. The van der Waals surface area contributed by atoms with E-state index in [1.165, 1.54) is 0 Å². The molecule has 2 unspecified atom stereocenters. The maximum atomic E-state index is 12.1. The van der Waals surface area contributed by atoms with Gasteiger partial charge in [0.05, 0.1) is 16.7 Å². The molecule has 2 saturated carbocycles. The molecule has 0 spiro atoms. The Morgan fingerprint density at radius 3 is 2.80 bits per heavy atom. The van der Waals surface area contributed by atoms with Crippen LogP contribution in [0.25, 0.3) is 0 Å². The first kappa shape index (κ1) is 14.2. The van der Waals surface area contributed by atoms with Gasteiger partial charge in [0.1, 0.15) is 0 Å². The molecule has 1 aromatic carbocycles. The molecule has 20 heavy (non-hydrogen) atoms. The van der Waals surface area contributed by atoms with Crippen LogP contribution in [0.1, 0.15) is 30.7 Å². The van der Waals surface area contributed by atoms with Crippen molar-refractivity contribution in [2.45, 2.75) is 25.2 Å². The zero-order valence-corrected chi connectivity index (χ0v) is 12.5. The van der Waals surface area contributed by atoms with Crippen LogP contribution in [-0.4, -0.2) is 24.2 Å². The minimum atomic E-state index is -0.0479. The van der Waals surface area contributed by atoms with E-state index in [0.717, 1.165) is 24.8 Å². The van der Waals surface area contributed by atoms with E-state index in [0.29, 0.717) is 16.6 Å². The number of aliphatic hydroxyl groups excluding tert-OH is 1. The Balaban J connectivity index is 1.58. The standard InChI is InChI=1S/C15H17Cl2NO2/c16-12-3-1-2-9(13(12)17)10-6-11(10)14(20)18-7-15(8-19)4-5-15/h1-3,10-11,19H,4-8H2,(H,18,20). The SMILES string of the molecule is O=C(NCC1(CO)CC1)C1CC1c1cccc(Cl)c1Cl. The zero-order chi connectivity index (χ0) is 14.3. The molecule has 3 nitrogen and oxygen atoms in total. The van der Waals surface area contributed by atoms with Crippen molar-refractivity contribution in [3.8, 4) is 0 Å². The molecule has 0 bridgehead atoms. The van der Waals surface area contributed by atoms with Gasteiger partial charge in [0.2, 0.25) is 5.91 Å². The monoisotopic (exact) mass is 313 g/mol. The van der Waals surface area contributed by atoms with E-state index in [9.17, 15) is 9.90 Å². The number of benzene rings is 1. The Hall–Kier alpha value is -0.770. The fraction of sp³-hybridized carbons (Fsp3) is 0.533. The number of hydrogen-bond acceptors (Lipinski definition) is 2. The minimum absolute atomic E-state index is 0.0135. The molecule has 2 aliphatic rings. The highest BCUT2D eigenvalue weighted by Crippen LogP contribution is 2.51. The van der Waals surface area contributed by atoms with Gasteiger partial charge < -0.3 is 10.4 Å². The summed E-state index contributed by atoms with van der Waals surface area (Å²) in [5.41, 5.74) is 0.913. The zero-order valence-electron chi connectivity index (χ0n) is 11.0. The van der Waals surface area contributed by atoms with E-state index in [-0.39, 0.29) is 29.8 Å². The Morgan fingerprint density at radius 1 is 1.40 bits per heavy atom. The third-order valence-corrected chi connectivity index (χ3v) is 5.27. The van der Waals surface area contributed by atoms with E-state index >= 15 is 0 Å². The third-order valence-electron chi connectivity index (χ3n) is 4.44. The first-order valence-corrected chi connectivity index (χ1v) is 7.64. The number of aliphatic hydroxyl groups is 1. The summed E-state index contributed by atoms with van der Waals surface area (Å²) in [6.45, 7) is 0.732. The van der Waals surface area contributed by atoms with Gasteiger partial charge in [-0.25, -0.2) is 0 Å². The molecule has 0 aliphatic heterocycles. The molecule has 0 aromatic heterocycles. The van der Waals surface area contributed by atoms with Crippen molar-refractivity contribution in [3.05, 3.63) is 33.8 Å². The molecule has 3 rings (SSSR count). The van der Waals surface area contributed by atoms with Gasteiger partial charge in [-0.2, -0.15) is 0 Å². The van der Waals surface area contributed by atoms with Crippen LogP contribution in [0, 0.1) is 11.3 Å². The number of nitrogens with one attached hydrogen (secondary N) is 1. The molecule has 1 aromatic rings. The van der Waals surface area contributed by atoms with E-state index in [1.807, 2.05) is 12.1 Å². The van der Waals surface area contributed by atoms with Crippen LogP contribution in [0.15, 0.2) is 18.2 Å².